The van der Waals surface area contributed by atoms with Crippen molar-refractivity contribution >= 4 is 28.5 Å². The lowest BCUT2D eigenvalue weighted by atomic mass is 9.94. The highest BCUT2D eigenvalue weighted by molar-refractivity contribution is 6.31. The predicted octanol–water partition coefficient (Wildman–Crippen LogP) is 6.34. The number of rotatable bonds is 4. The van der Waals surface area contributed by atoms with Crippen molar-refractivity contribution in [2.45, 2.75) is 51.0 Å². The lowest BCUT2D eigenvalue weighted by Gasteiger charge is -2.36. The molecule has 2 aromatic heterocycles. The van der Waals surface area contributed by atoms with Gasteiger partial charge in [0.2, 0.25) is 17.6 Å². The van der Waals surface area contributed by atoms with E-state index in [-0.39, 0.29) is 6.54 Å². The van der Waals surface area contributed by atoms with Crippen LogP contribution >= 0.6 is 11.6 Å². The SMILES string of the molecule is CCCC[C@H]1c2[nH]c3ccc(Cl)cc3c2CCN1c1nc(C(F)(F)F)nc(C(F)(F)F)n1. The molecule has 0 spiro atoms. The van der Waals surface area contributed by atoms with E-state index < -0.39 is 36.0 Å². The monoisotopic (exact) mass is 477 g/mol. The first kappa shape index (κ1) is 22.6. The average Bonchev–Trinajstić information content (AvgIpc) is 3.08. The van der Waals surface area contributed by atoms with Gasteiger partial charge in [-0.3, -0.25) is 0 Å². The number of benzene rings is 1. The molecule has 0 unspecified atom stereocenters. The normalized spacial score (nSPS) is 17.1. The van der Waals surface area contributed by atoms with E-state index in [0.717, 1.165) is 28.6 Å². The number of unbranched alkanes of at least 4 members (excludes halogenated alkanes) is 1. The van der Waals surface area contributed by atoms with E-state index in [1.165, 1.54) is 4.90 Å². The minimum Gasteiger partial charge on any atom is -0.356 e. The van der Waals surface area contributed by atoms with Crippen LogP contribution in [-0.2, 0) is 18.8 Å². The van der Waals surface area contributed by atoms with Gasteiger partial charge in [-0.15, -0.1) is 0 Å². The van der Waals surface area contributed by atoms with Crippen molar-refractivity contribution in [1.82, 2.24) is 19.9 Å². The lowest BCUT2D eigenvalue weighted by molar-refractivity contribution is -0.155. The Morgan fingerprint density at radius 3 is 2.31 bits per heavy atom. The van der Waals surface area contributed by atoms with Crippen molar-refractivity contribution in [2.75, 3.05) is 11.4 Å². The van der Waals surface area contributed by atoms with Crippen LogP contribution in [0.2, 0.25) is 5.02 Å². The molecular formula is C20H18ClF6N5. The van der Waals surface area contributed by atoms with Crippen LogP contribution in [0.3, 0.4) is 0 Å². The number of alkyl halides is 6. The average molecular weight is 478 g/mol. The Morgan fingerprint density at radius 1 is 1.06 bits per heavy atom. The van der Waals surface area contributed by atoms with Gasteiger partial charge in [-0.05, 0) is 36.6 Å². The lowest BCUT2D eigenvalue weighted by Crippen LogP contribution is -2.38. The number of nitrogens with one attached hydrogen (secondary N) is 1. The third-order valence-corrected chi connectivity index (χ3v) is 5.67. The van der Waals surface area contributed by atoms with Crippen molar-refractivity contribution in [3.05, 3.63) is 46.1 Å². The fourth-order valence-corrected chi connectivity index (χ4v) is 4.19. The summed E-state index contributed by atoms with van der Waals surface area (Å²) >= 11 is 6.12. The third-order valence-electron chi connectivity index (χ3n) is 5.43. The van der Waals surface area contributed by atoms with Crippen LogP contribution in [-0.4, -0.2) is 26.5 Å². The molecule has 0 saturated heterocycles. The zero-order chi connectivity index (χ0) is 23.3. The molecule has 0 radical (unpaired) electrons. The van der Waals surface area contributed by atoms with Crippen molar-refractivity contribution in [3.63, 3.8) is 0 Å². The van der Waals surface area contributed by atoms with Crippen LogP contribution < -0.4 is 4.90 Å². The van der Waals surface area contributed by atoms with Crippen LogP contribution in [0.25, 0.3) is 10.9 Å². The summed E-state index contributed by atoms with van der Waals surface area (Å²) in [5, 5.41) is 1.42. The Kier molecular flexibility index (Phi) is 5.72. The summed E-state index contributed by atoms with van der Waals surface area (Å²) in [6, 6.07) is 4.78. The molecule has 172 valence electrons. The van der Waals surface area contributed by atoms with E-state index >= 15 is 0 Å². The Morgan fingerprint density at radius 2 is 1.72 bits per heavy atom. The van der Waals surface area contributed by atoms with Crippen molar-refractivity contribution in [1.29, 1.82) is 0 Å². The number of nitrogens with zero attached hydrogens (tertiary/aromatic N) is 4. The maximum Gasteiger partial charge on any atom is 0.451 e. The zero-order valence-corrected chi connectivity index (χ0v) is 17.5. The molecule has 12 heteroatoms. The molecule has 5 nitrogen and oxygen atoms in total. The molecule has 1 aliphatic heterocycles. The topological polar surface area (TPSA) is 57.7 Å². The number of aromatic amines is 1. The van der Waals surface area contributed by atoms with Gasteiger partial charge >= 0.3 is 12.4 Å². The van der Waals surface area contributed by atoms with Crippen LogP contribution in [0.4, 0.5) is 32.3 Å². The van der Waals surface area contributed by atoms with Crippen LogP contribution in [0.15, 0.2) is 18.2 Å². The number of anilines is 1. The molecule has 3 heterocycles. The smallest absolute Gasteiger partial charge is 0.356 e. The summed E-state index contributed by atoms with van der Waals surface area (Å²) in [5.74, 6) is -4.36. The minimum absolute atomic E-state index is 0.152. The van der Waals surface area contributed by atoms with Crippen LogP contribution in [0.5, 0.6) is 0 Å². The first-order valence-electron chi connectivity index (χ1n) is 9.96. The molecule has 1 aliphatic rings. The molecule has 1 atom stereocenters. The van der Waals surface area contributed by atoms with Crippen molar-refractivity contribution < 1.29 is 26.3 Å². The highest BCUT2D eigenvalue weighted by Crippen LogP contribution is 2.40. The van der Waals surface area contributed by atoms with E-state index in [0.29, 0.717) is 24.3 Å². The molecule has 0 bridgehead atoms. The predicted molar refractivity (Wildman–Crippen MR) is 106 cm³/mol. The number of H-pyrrole nitrogens is 1. The van der Waals surface area contributed by atoms with E-state index in [9.17, 15) is 26.3 Å². The van der Waals surface area contributed by atoms with Gasteiger partial charge in [-0.25, -0.2) is 4.98 Å². The van der Waals surface area contributed by atoms with Gasteiger partial charge in [0.25, 0.3) is 0 Å². The summed E-state index contributed by atoms with van der Waals surface area (Å²) in [6.45, 7) is 2.10. The molecule has 32 heavy (non-hydrogen) atoms. The third kappa shape index (κ3) is 4.22. The number of hydrogen-bond donors (Lipinski definition) is 1. The molecule has 4 rings (SSSR count). The number of aromatic nitrogens is 4. The fraction of sp³-hybridized carbons (Fsp3) is 0.450. The minimum atomic E-state index is -5.14. The van der Waals surface area contributed by atoms with Gasteiger partial charge in [0.15, 0.2) is 0 Å². The molecule has 1 N–H and O–H groups in total. The molecule has 3 aromatic rings. The molecule has 0 fully saturated rings. The second-order valence-electron chi connectivity index (χ2n) is 7.59. The molecule has 1 aromatic carbocycles. The summed E-state index contributed by atoms with van der Waals surface area (Å²) in [7, 11) is 0. The molecular weight excluding hydrogens is 460 g/mol. The van der Waals surface area contributed by atoms with Gasteiger partial charge in [0.1, 0.15) is 0 Å². The maximum atomic E-state index is 13.3. The van der Waals surface area contributed by atoms with Crippen LogP contribution in [0.1, 0.15) is 55.1 Å². The molecule has 0 aliphatic carbocycles. The quantitative estimate of drug-likeness (QED) is 0.446. The van der Waals surface area contributed by atoms with Gasteiger partial charge in [0.05, 0.1) is 6.04 Å². The highest BCUT2D eigenvalue weighted by atomic mass is 35.5. The summed E-state index contributed by atoms with van der Waals surface area (Å²) in [4.78, 5) is 14.1. The Bertz CT molecular complexity index is 1110. The number of fused-ring (bicyclic) bond motifs is 3. The molecule has 0 amide bonds. The summed E-state index contributed by atoms with van der Waals surface area (Å²) in [5.41, 5.74) is 2.47. The summed E-state index contributed by atoms with van der Waals surface area (Å²) in [6.07, 6.45) is -7.90. The van der Waals surface area contributed by atoms with Crippen molar-refractivity contribution in [2.24, 2.45) is 0 Å². The van der Waals surface area contributed by atoms with Crippen molar-refractivity contribution in [3.8, 4) is 0 Å². The van der Waals surface area contributed by atoms with Gasteiger partial charge < -0.3 is 9.88 Å². The standard InChI is InChI=1S/C20H18ClF6N5/c1-2-3-4-14-15-11(12-9-10(21)5-6-13(12)28-15)7-8-32(14)18-30-16(19(22,23)24)29-17(31-18)20(25,26)27/h5-6,9,14,28H,2-4,7-8H2,1H3/t14-/m0/s1. The Labute approximate surface area is 183 Å². The number of hydrogen-bond acceptors (Lipinski definition) is 4. The van der Waals surface area contributed by atoms with Gasteiger partial charge in [-0.2, -0.15) is 36.3 Å². The second kappa shape index (κ2) is 8.09. The molecule has 0 saturated carbocycles. The summed E-state index contributed by atoms with van der Waals surface area (Å²) < 4.78 is 79.6. The zero-order valence-electron chi connectivity index (χ0n) is 16.8. The largest absolute Gasteiger partial charge is 0.451 e. The number of halogens is 7. The maximum absolute atomic E-state index is 13.3. The second-order valence-corrected chi connectivity index (χ2v) is 8.02. The Balaban J connectivity index is 1.85. The Hall–Kier alpha value is -2.56. The highest BCUT2D eigenvalue weighted by Gasteiger charge is 2.43. The van der Waals surface area contributed by atoms with E-state index in [1.807, 2.05) is 6.92 Å². The van der Waals surface area contributed by atoms with E-state index in [2.05, 4.69) is 19.9 Å². The van der Waals surface area contributed by atoms with Gasteiger partial charge in [0, 0.05) is 28.2 Å². The van der Waals surface area contributed by atoms with E-state index in [4.69, 9.17) is 11.6 Å². The van der Waals surface area contributed by atoms with E-state index in [1.54, 1.807) is 18.2 Å². The van der Waals surface area contributed by atoms with Crippen LogP contribution in [0, 0.1) is 0 Å². The fourth-order valence-electron chi connectivity index (χ4n) is 4.02. The first-order chi connectivity index (χ1) is 15.0. The van der Waals surface area contributed by atoms with Gasteiger partial charge in [-0.1, -0.05) is 31.4 Å². The first-order valence-corrected chi connectivity index (χ1v) is 10.3.